The number of aromatic nitrogens is 5. The van der Waals surface area contributed by atoms with Crippen molar-refractivity contribution < 1.29 is 0 Å². The molecule has 5 nitrogen and oxygen atoms in total. The predicted molar refractivity (Wildman–Crippen MR) is 71.9 cm³/mol. The quantitative estimate of drug-likeness (QED) is 0.687. The maximum absolute atomic E-state index is 5.76. The van der Waals surface area contributed by atoms with Crippen LogP contribution in [0.3, 0.4) is 0 Å². The fraction of sp³-hybridized carbons (Fsp3) is 0.0769. The smallest absolute Gasteiger partial charge is 0.205 e. The number of nitrogens with zero attached hydrogens (tertiary/aromatic N) is 5. The van der Waals surface area contributed by atoms with E-state index in [1.807, 2.05) is 48.5 Å². The summed E-state index contributed by atoms with van der Waals surface area (Å²) in [6, 6.07) is 15.2. The van der Waals surface area contributed by atoms with Gasteiger partial charge < -0.3 is 0 Å². The Balaban J connectivity index is 1.97. The van der Waals surface area contributed by atoms with Crippen molar-refractivity contribution in [2.45, 2.75) is 5.88 Å². The first-order valence-electron chi connectivity index (χ1n) is 5.74. The van der Waals surface area contributed by atoms with Crippen molar-refractivity contribution in [3.05, 3.63) is 54.2 Å². The number of halogens is 1. The van der Waals surface area contributed by atoms with Crippen LogP contribution in [0.15, 0.2) is 48.5 Å². The van der Waals surface area contributed by atoms with E-state index < -0.39 is 0 Å². The molecule has 0 amide bonds. The molecule has 2 aromatic heterocycles. The van der Waals surface area contributed by atoms with Gasteiger partial charge in [-0.25, -0.2) is 4.98 Å². The highest BCUT2D eigenvalue weighted by Gasteiger charge is 2.07. The fourth-order valence-corrected chi connectivity index (χ4v) is 1.82. The largest absolute Gasteiger partial charge is 0.231 e. The van der Waals surface area contributed by atoms with Gasteiger partial charge >= 0.3 is 0 Å². The van der Waals surface area contributed by atoms with Gasteiger partial charge in [-0.15, -0.1) is 26.6 Å². The summed E-state index contributed by atoms with van der Waals surface area (Å²) in [6.07, 6.45) is 0. The highest BCUT2D eigenvalue weighted by Crippen LogP contribution is 2.13. The van der Waals surface area contributed by atoms with E-state index in [4.69, 9.17) is 11.6 Å². The van der Waals surface area contributed by atoms with E-state index in [1.165, 1.54) is 4.80 Å². The van der Waals surface area contributed by atoms with Crippen LogP contribution >= 0.6 is 11.6 Å². The Labute approximate surface area is 114 Å². The third kappa shape index (κ3) is 2.46. The zero-order chi connectivity index (χ0) is 13.1. The summed E-state index contributed by atoms with van der Waals surface area (Å²) in [5, 5.41) is 12.4. The lowest BCUT2D eigenvalue weighted by Gasteiger charge is -1.99. The molecule has 0 atom stereocenters. The minimum Gasteiger partial charge on any atom is -0.231 e. The van der Waals surface area contributed by atoms with E-state index in [2.05, 4.69) is 20.4 Å². The Kier molecular flexibility index (Phi) is 3.20. The molecule has 0 bridgehead atoms. The van der Waals surface area contributed by atoms with Gasteiger partial charge in [0.15, 0.2) is 5.82 Å². The van der Waals surface area contributed by atoms with Crippen LogP contribution in [0.2, 0.25) is 0 Å². The maximum atomic E-state index is 5.76. The summed E-state index contributed by atoms with van der Waals surface area (Å²) in [4.78, 5) is 5.74. The molecule has 94 valence electrons. The van der Waals surface area contributed by atoms with Gasteiger partial charge in [0.2, 0.25) is 5.82 Å². The molecule has 0 aliphatic carbocycles. The second-order valence-electron chi connectivity index (χ2n) is 3.89. The van der Waals surface area contributed by atoms with Crippen LogP contribution in [-0.4, -0.2) is 25.2 Å². The highest BCUT2D eigenvalue weighted by molar-refractivity contribution is 6.16. The van der Waals surface area contributed by atoms with Crippen LogP contribution in [0.4, 0.5) is 0 Å². The number of benzene rings is 1. The first kappa shape index (κ1) is 11.8. The third-order valence-corrected chi connectivity index (χ3v) is 2.85. The third-order valence-electron chi connectivity index (χ3n) is 2.58. The van der Waals surface area contributed by atoms with Crippen molar-refractivity contribution in [2.75, 3.05) is 0 Å². The van der Waals surface area contributed by atoms with E-state index in [0.717, 1.165) is 11.3 Å². The number of tetrazole rings is 1. The van der Waals surface area contributed by atoms with E-state index in [-0.39, 0.29) is 0 Å². The standard InChI is InChI=1S/C13H10ClN5/c14-9-11-7-4-8-12(15-11)19-17-13(16-18-19)10-5-2-1-3-6-10/h1-8H,9H2. The molecule has 1 aromatic carbocycles. The lowest BCUT2D eigenvalue weighted by atomic mass is 10.2. The van der Waals surface area contributed by atoms with Crippen molar-refractivity contribution in [2.24, 2.45) is 0 Å². The second-order valence-corrected chi connectivity index (χ2v) is 4.16. The van der Waals surface area contributed by atoms with Crippen molar-refractivity contribution >= 4 is 11.6 Å². The lowest BCUT2D eigenvalue weighted by Crippen LogP contribution is -2.03. The molecule has 0 radical (unpaired) electrons. The summed E-state index contributed by atoms with van der Waals surface area (Å²) >= 11 is 5.76. The molecule has 0 unspecified atom stereocenters. The number of rotatable bonds is 3. The van der Waals surface area contributed by atoms with Gasteiger partial charge in [-0.3, -0.25) is 0 Å². The summed E-state index contributed by atoms with van der Waals surface area (Å²) in [7, 11) is 0. The zero-order valence-corrected chi connectivity index (χ0v) is 10.7. The van der Waals surface area contributed by atoms with Crippen molar-refractivity contribution in [1.82, 2.24) is 25.2 Å². The second kappa shape index (κ2) is 5.16. The molecule has 3 rings (SSSR count). The molecule has 0 spiro atoms. The van der Waals surface area contributed by atoms with Crippen LogP contribution in [0.1, 0.15) is 5.69 Å². The molecule has 19 heavy (non-hydrogen) atoms. The molecule has 2 heterocycles. The molecule has 0 N–H and O–H groups in total. The van der Waals surface area contributed by atoms with Crippen LogP contribution in [0, 0.1) is 0 Å². The minimum absolute atomic E-state index is 0.355. The Morgan fingerprint density at radius 3 is 2.63 bits per heavy atom. The Morgan fingerprint density at radius 2 is 1.84 bits per heavy atom. The van der Waals surface area contributed by atoms with Gasteiger partial charge in [-0.05, 0) is 17.3 Å². The van der Waals surface area contributed by atoms with E-state index in [0.29, 0.717) is 17.5 Å². The van der Waals surface area contributed by atoms with Gasteiger partial charge in [0.05, 0.1) is 11.6 Å². The van der Waals surface area contributed by atoms with Gasteiger partial charge in [0.25, 0.3) is 0 Å². The van der Waals surface area contributed by atoms with Crippen molar-refractivity contribution in [3.63, 3.8) is 0 Å². The van der Waals surface area contributed by atoms with Gasteiger partial charge in [-0.1, -0.05) is 36.4 Å². The predicted octanol–water partition coefficient (Wildman–Crippen LogP) is 2.46. The summed E-state index contributed by atoms with van der Waals surface area (Å²) < 4.78 is 0. The number of pyridine rings is 1. The molecule has 3 aromatic rings. The maximum Gasteiger partial charge on any atom is 0.205 e. The Hall–Kier alpha value is -2.27. The average molecular weight is 272 g/mol. The lowest BCUT2D eigenvalue weighted by molar-refractivity contribution is 0.698. The summed E-state index contributed by atoms with van der Waals surface area (Å²) in [5.74, 6) is 1.53. The van der Waals surface area contributed by atoms with Crippen LogP contribution < -0.4 is 0 Å². The van der Waals surface area contributed by atoms with E-state index in [1.54, 1.807) is 0 Å². The molecular formula is C13H10ClN5. The number of hydrogen-bond donors (Lipinski definition) is 0. The van der Waals surface area contributed by atoms with Gasteiger partial charge in [0, 0.05) is 5.56 Å². The van der Waals surface area contributed by atoms with Gasteiger partial charge in [-0.2, -0.15) is 0 Å². The first-order chi connectivity index (χ1) is 9.36. The summed E-state index contributed by atoms with van der Waals surface area (Å²) in [6.45, 7) is 0. The SMILES string of the molecule is ClCc1cccc(-n2nnc(-c3ccccc3)n2)n1. The molecule has 0 aliphatic rings. The highest BCUT2D eigenvalue weighted by atomic mass is 35.5. The van der Waals surface area contributed by atoms with Crippen LogP contribution in [0.5, 0.6) is 0 Å². The molecule has 6 heteroatoms. The number of hydrogen-bond acceptors (Lipinski definition) is 4. The number of alkyl halides is 1. The van der Waals surface area contributed by atoms with Crippen LogP contribution in [-0.2, 0) is 5.88 Å². The minimum atomic E-state index is 0.355. The van der Waals surface area contributed by atoms with Crippen molar-refractivity contribution in [3.8, 4) is 17.2 Å². The monoisotopic (exact) mass is 271 g/mol. The average Bonchev–Trinajstić information content (AvgIpc) is 2.98. The molecule has 0 saturated carbocycles. The first-order valence-corrected chi connectivity index (χ1v) is 6.28. The van der Waals surface area contributed by atoms with E-state index >= 15 is 0 Å². The molecule has 0 fully saturated rings. The van der Waals surface area contributed by atoms with Crippen molar-refractivity contribution in [1.29, 1.82) is 0 Å². The molecule has 0 saturated heterocycles. The molecular weight excluding hydrogens is 262 g/mol. The molecule has 0 aliphatic heterocycles. The summed E-state index contributed by atoms with van der Waals surface area (Å²) in [5.41, 5.74) is 1.69. The van der Waals surface area contributed by atoms with Gasteiger partial charge in [0.1, 0.15) is 0 Å². The Bertz CT molecular complexity index is 680. The zero-order valence-electron chi connectivity index (χ0n) is 9.94. The Morgan fingerprint density at radius 1 is 1.00 bits per heavy atom. The normalized spacial score (nSPS) is 10.6. The fourth-order valence-electron chi connectivity index (χ4n) is 1.67. The van der Waals surface area contributed by atoms with Crippen LogP contribution in [0.25, 0.3) is 17.2 Å². The van der Waals surface area contributed by atoms with E-state index in [9.17, 15) is 0 Å². The topological polar surface area (TPSA) is 56.5 Å².